The van der Waals surface area contributed by atoms with Gasteiger partial charge in [-0.3, -0.25) is 4.79 Å². The Morgan fingerprint density at radius 3 is 2.26 bits per heavy atom. The number of benzene rings is 2. The second kappa shape index (κ2) is 7.40. The van der Waals surface area contributed by atoms with E-state index < -0.39 is 23.9 Å². The van der Waals surface area contributed by atoms with Gasteiger partial charge in [-0.15, -0.1) is 10.2 Å². The Bertz CT molecular complexity index is 1080. The first-order chi connectivity index (χ1) is 14.9. The molecular formula is C22H18F3N3O3. The number of piperidine rings is 1. The average Bonchev–Trinajstić information content (AvgIpc) is 3.28. The van der Waals surface area contributed by atoms with Gasteiger partial charge in [-0.25, -0.2) is 0 Å². The molecule has 5 rings (SSSR count). The molecule has 6 nitrogen and oxygen atoms in total. The van der Waals surface area contributed by atoms with E-state index in [4.69, 9.17) is 9.15 Å². The zero-order chi connectivity index (χ0) is 21.6. The van der Waals surface area contributed by atoms with Crippen molar-refractivity contribution in [3.8, 4) is 11.5 Å². The van der Waals surface area contributed by atoms with Gasteiger partial charge in [-0.1, -0.05) is 36.4 Å². The van der Waals surface area contributed by atoms with Gasteiger partial charge >= 0.3 is 12.1 Å². The van der Waals surface area contributed by atoms with Crippen molar-refractivity contribution in [2.75, 3.05) is 13.1 Å². The number of rotatable bonds is 2. The van der Waals surface area contributed by atoms with Crippen LogP contribution in [0.1, 0.15) is 47.6 Å². The van der Waals surface area contributed by atoms with Crippen molar-refractivity contribution in [1.29, 1.82) is 0 Å². The molecule has 9 heteroatoms. The van der Waals surface area contributed by atoms with Crippen LogP contribution < -0.4 is 4.74 Å². The highest BCUT2D eigenvalue weighted by atomic mass is 19.4. The van der Waals surface area contributed by atoms with E-state index >= 15 is 0 Å². The van der Waals surface area contributed by atoms with Gasteiger partial charge in [-0.05, 0) is 25.0 Å². The molecule has 0 aliphatic carbocycles. The highest BCUT2D eigenvalue weighted by Gasteiger charge is 2.41. The van der Waals surface area contributed by atoms with Crippen molar-refractivity contribution in [3.63, 3.8) is 0 Å². The Labute approximate surface area is 175 Å². The predicted molar refractivity (Wildman–Crippen MR) is 103 cm³/mol. The monoisotopic (exact) mass is 429 g/mol. The van der Waals surface area contributed by atoms with Crippen LogP contribution in [0.3, 0.4) is 0 Å². The summed E-state index contributed by atoms with van der Waals surface area (Å²) in [7, 11) is 0. The molecule has 3 aromatic rings. The van der Waals surface area contributed by atoms with E-state index in [9.17, 15) is 18.0 Å². The molecule has 0 radical (unpaired) electrons. The van der Waals surface area contributed by atoms with Gasteiger partial charge in [0.05, 0.1) is 11.8 Å². The number of hydrogen-bond donors (Lipinski definition) is 0. The van der Waals surface area contributed by atoms with Crippen LogP contribution >= 0.6 is 0 Å². The lowest BCUT2D eigenvalue weighted by molar-refractivity contribution is -0.157. The molecular weight excluding hydrogens is 411 g/mol. The number of amides is 1. The number of hydrogen-bond acceptors (Lipinski definition) is 5. The molecule has 2 aliphatic rings. The van der Waals surface area contributed by atoms with Gasteiger partial charge in [-0.2, -0.15) is 13.2 Å². The van der Waals surface area contributed by atoms with E-state index in [1.807, 2.05) is 48.5 Å². The van der Waals surface area contributed by atoms with Crippen LogP contribution in [0.4, 0.5) is 13.2 Å². The number of carbonyl (C=O) groups is 1. The van der Waals surface area contributed by atoms with E-state index in [1.54, 1.807) is 4.90 Å². The lowest BCUT2D eigenvalue weighted by atomic mass is 9.86. The smallest absolute Gasteiger partial charge is 0.457 e. The maximum atomic E-state index is 13.6. The first kappa shape index (κ1) is 19.6. The van der Waals surface area contributed by atoms with Crippen LogP contribution in [0.15, 0.2) is 52.9 Å². The topological polar surface area (TPSA) is 68.5 Å². The van der Waals surface area contributed by atoms with Gasteiger partial charge in [0.15, 0.2) is 0 Å². The fraction of sp³-hybridized carbons (Fsp3) is 0.318. The third-order valence-electron chi connectivity index (χ3n) is 5.69. The average molecular weight is 429 g/mol. The van der Waals surface area contributed by atoms with Crippen LogP contribution in [-0.4, -0.2) is 34.1 Å². The van der Waals surface area contributed by atoms with Crippen LogP contribution in [0.5, 0.6) is 11.5 Å². The maximum absolute atomic E-state index is 13.6. The summed E-state index contributed by atoms with van der Waals surface area (Å²) in [6, 6.07) is 14.8. The van der Waals surface area contributed by atoms with Gasteiger partial charge < -0.3 is 14.1 Å². The lowest BCUT2D eigenvalue weighted by Crippen LogP contribution is -2.42. The number of likely N-dealkylation sites (tertiary alicyclic amines) is 1. The molecule has 0 spiro atoms. The minimum atomic E-state index is -4.69. The zero-order valence-electron chi connectivity index (χ0n) is 16.3. The molecule has 0 N–H and O–H groups in total. The number of para-hydroxylation sites is 2. The normalized spacial score (nSPS) is 18.8. The number of carbonyl (C=O) groups excluding carboxylic acids is 1. The lowest BCUT2D eigenvalue weighted by Gasteiger charge is -2.36. The highest BCUT2D eigenvalue weighted by Crippen LogP contribution is 2.45. The van der Waals surface area contributed by atoms with Gasteiger partial charge in [0.1, 0.15) is 11.5 Å². The predicted octanol–water partition coefficient (Wildman–Crippen LogP) is 4.73. The largest absolute Gasteiger partial charge is 0.470 e. The molecule has 0 bridgehead atoms. The molecule has 1 amide bonds. The number of alkyl halides is 3. The second-order valence-electron chi connectivity index (χ2n) is 7.68. The summed E-state index contributed by atoms with van der Waals surface area (Å²) in [6.45, 7) is 0.733. The molecule has 3 heterocycles. The Morgan fingerprint density at radius 2 is 1.65 bits per heavy atom. The summed E-state index contributed by atoms with van der Waals surface area (Å²) in [6.07, 6.45) is -3.48. The van der Waals surface area contributed by atoms with Crippen LogP contribution in [-0.2, 0) is 11.0 Å². The number of ether oxygens (including phenoxy) is 1. The summed E-state index contributed by atoms with van der Waals surface area (Å²) in [5, 5.41) is 6.71. The number of fused-ring (bicyclic) bond motifs is 2. The molecule has 2 aromatic carbocycles. The SMILES string of the molecule is O=C(C1c2ccccc2Oc2ccccc21)N1CCCC(c2nnc(C(F)(F)F)o2)C1. The number of aromatic nitrogens is 2. The summed E-state index contributed by atoms with van der Waals surface area (Å²) in [5.74, 6) is -1.31. The quantitative estimate of drug-likeness (QED) is 0.589. The van der Waals surface area contributed by atoms with E-state index in [-0.39, 0.29) is 18.3 Å². The maximum Gasteiger partial charge on any atom is 0.470 e. The Kier molecular flexibility index (Phi) is 4.68. The van der Waals surface area contributed by atoms with Crippen molar-refractivity contribution in [2.24, 2.45) is 0 Å². The Hall–Kier alpha value is -3.36. The summed E-state index contributed by atoms with van der Waals surface area (Å²) < 4.78 is 49.3. The standard InChI is InChI=1S/C22H18F3N3O3/c23-22(24,25)21-27-26-19(31-21)13-6-5-11-28(12-13)20(29)18-14-7-1-3-9-16(14)30-17-10-4-2-8-15(17)18/h1-4,7-10,13,18H,5-6,11-12H2. The van der Waals surface area contributed by atoms with Gasteiger partial charge in [0.2, 0.25) is 11.8 Å². The summed E-state index contributed by atoms with van der Waals surface area (Å²) in [4.78, 5) is 15.3. The zero-order valence-corrected chi connectivity index (χ0v) is 16.3. The molecule has 1 fully saturated rings. The summed E-state index contributed by atoms with van der Waals surface area (Å²) in [5.41, 5.74) is 1.54. The van der Waals surface area contributed by atoms with Gasteiger partial charge in [0, 0.05) is 24.2 Å². The van der Waals surface area contributed by atoms with Crippen molar-refractivity contribution < 1.29 is 27.1 Å². The summed E-state index contributed by atoms with van der Waals surface area (Å²) >= 11 is 0. The minimum Gasteiger partial charge on any atom is -0.457 e. The van der Waals surface area contributed by atoms with Crippen LogP contribution in [0.2, 0.25) is 0 Å². The third kappa shape index (κ3) is 3.54. The van der Waals surface area contributed by atoms with Crippen molar-refractivity contribution in [2.45, 2.75) is 30.9 Å². The molecule has 1 atom stereocenters. The van der Waals surface area contributed by atoms with Crippen LogP contribution in [0, 0.1) is 0 Å². The van der Waals surface area contributed by atoms with Crippen molar-refractivity contribution in [1.82, 2.24) is 15.1 Å². The van der Waals surface area contributed by atoms with E-state index in [2.05, 4.69) is 10.2 Å². The van der Waals surface area contributed by atoms with E-state index in [0.717, 1.165) is 11.1 Å². The number of halogens is 3. The molecule has 1 saturated heterocycles. The third-order valence-corrected chi connectivity index (χ3v) is 5.69. The Morgan fingerprint density at radius 1 is 1.00 bits per heavy atom. The number of nitrogens with zero attached hydrogens (tertiary/aromatic N) is 3. The molecule has 160 valence electrons. The fourth-order valence-electron chi connectivity index (χ4n) is 4.25. The molecule has 1 unspecified atom stereocenters. The molecule has 31 heavy (non-hydrogen) atoms. The minimum absolute atomic E-state index is 0.0856. The molecule has 2 aliphatic heterocycles. The van der Waals surface area contributed by atoms with E-state index in [1.165, 1.54) is 0 Å². The fourth-order valence-corrected chi connectivity index (χ4v) is 4.25. The van der Waals surface area contributed by atoms with Crippen LogP contribution in [0.25, 0.3) is 0 Å². The van der Waals surface area contributed by atoms with Crippen molar-refractivity contribution in [3.05, 3.63) is 71.4 Å². The molecule has 0 saturated carbocycles. The van der Waals surface area contributed by atoms with E-state index in [0.29, 0.717) is 30.9 Å². The molecule has 1 aromatic heterocycles. The van der Waals surface area contributed by atoms with Gasteiger partial charge in [0.25, 0.3) is 0 Å². The second-order valence-corrected chi connectivity index (χ2v) is 7.68. The first-order valence-electron chi connectivity index (χ1n) is 9.97. The Balaban J connectivity index is 1.44. The first-order valence-corrected chi connectivity index (χ1v) is 9.97. The highest BCUT2D eigenvalue weighted by molar-refractivity contribution is 5.89. The van der Waals surface area contributed by atoms with Crippen molar-refractivity contribution >= 4 is 5.91 Å².